The molecule has 0 radical (unpaired) electrons. The zero-order chi connectivity index (χ0) is 15.7. The summed E-state index contributed by atoms with van der Waals surface area (Å²) in [5.41, 5.74) is 1.72. The van der Waals surface area contributed by atoms with Crippen molar-refractivity contribution in [3.63, 3.8) is 0 Å². The zero-order valence-electron chi connectivity index (χ0n) is 11.0. The first-order chi connectivity index (χ1) is 10.5. The van der Waals surface area contributed by atoms with Gasteiger partial charge in [-0.2, -0.15) is 0 Å². The first-order valence-corrected chi connectivity index (χ1v) is 8.19. The Morgan fingerprint density at radius 2 is 1.64 bits per heavy atom. The van der Waals surface area contributed by atoms with Crippen LogP contribution in [0, 0.1) is 0 Å². The van der Waals surface area contributed by atoms with E-state index < -0.39 is 0 Å². The molecule has 2 nitrogen and oxygen atoms in total. The summed E-state index contributed by atoms with van der Waals surface area (Å²) in [6, 6.07) is 13.7. The van der Waals surface area contributed by atoms with Crippen molar-refractivity contribution < 1.29 is 9.84 Å². The second-order valence-corrected chi connectivity index (χ2v) is 6.97. The molecule has 1 heterocycles. The monoisotopic (exact) mass is 370 g/mol. The van der Waals surface area contributed by atoms with Gasteiger partial charge in [0.15, 0.2) is 5.06 Å². The van der Waals surface area contributed by atoms with E-state index in [0.29, 0.717) is 25.2 Å². The van der Waals surface area contributed by atoms with E-state index in [4.69, 9.17) is 39.5 Å². The first kappa shape index (κ1) is 15.5. The lowest BCUT2D eigenvalue weighted by molar-refractivity contribution is 0.475. The van der Waals surface area contributed by atoms with Gasteiger partial charge in [0.25, 0.3) is 0 Å². The maximum Gasteiger partial charge on any atom is 0.190 e. The summed E-state index contributed by atoms with van der Waals surface area (Å²) in [7, 11) is 0. The molecule has 0 bridgehead atoms. The van der Waals surface area contributed by atoms with Crippen LogP contribution in [0.5, 0.6) is 16.6 Å². The number of aromatic hydroxyl groups is 1. The quantitative estimate of drug-likeness (QED) is 0.544. The largest absolute Gasteiger partial charge is 0.508 e. The van der Waals surface area contributed by atoms with Gasteiger partial charge in [0.2, 0.25) is 0 Å². The molecule has 0 saturated carbocycles. The predicted octanol–water partition coefficient (Wildman–Crippen LogP) is 6.87. The van der Waals surface area contributed by atoms with Gasteiger partial charge in [-0.05, 0) is 42.0 Å². The van der Waals surface area contributed by atoms with Crippen molar-refractivity contribution in [1.82, 2.24) is 0 Å². The van der Waals surface area contributed by atoms with E-state index in [1.807, 2.05) is 6.07 Å². The van der Waals surface area contributed by atoms with E-state index in [1.54, 1.807) is 42.5 Å². The molecule has 0 saturated heterocycles. The van der Waals surface area contributed by atoms with Gasteiger partial charge in [0, 0.05) is 10.6 Å². The van der Waals surface area contributed by atoms with Gasteiger partial charge in [0.1, 0.15) is 11.5 Å². The van der Waals surface area contributed by atoms with Gasteiger partial charge in [-0.25, -0.2) is 0 Å². The highest BCUT2D eigenvalue weighted by molar-refractivity contribution is 7.18. The van der Waals surface area contributed by atoms with Gasteiger partial charge in [-0.1, -0.05) is 58.3 Å². The zero-order valence-corrected chi connectivity index (χ0v) is 14.1. The van der Waals surface area contributed by atoms with Crippen molar-refractivity contribution in [3.8, 4) is 27.7 Å². The normalized spacial score (nSPS) is 10.7. The van der Waals surface area contributed by atoms with Crippen LogP contribution < -0.4 is 4.74 Å². The number of ether oxygens (including phenoxy) is 1. The third-order valence-corrected chi connectivity index (χ3v) is 4.62. The van der Waals surface area contributed by atoms with Crippen LogP contribution in [0.1, 0.15) is 0 Å². The van der Waals surface area contributed by atoms with Crippen LogP contribution >= 0.6 is 46.1 Å². The summed E-state index contributed by atoms with van der Waals surface area (Å²) in [5.74, 6) is 0.706. The van der Waals surface area contributed by atoms with Crippen LogP contribution in [0.3, 0.4) is 0 Å². The molecule has 112 valence electrons. The molecule has 22 heavy (non-hydrogen) atoms. The lowest BCUT2D eigenvalue weighted by Crippen LogP contribution is -1.85. The molecule has 0 atom stereocenters. The highest BCUT2D eigenvalue weighted by Gasteiger charge is 2.14. The maximum absolute atomic E-state index is 9.39. The van der Waals surface area contributed by atoms with Crippen LogP contribution in [-0.4, -0.2) is 5.11 Å². The van der Waals surface area contributed by atoms with E-state index in [-0.39, 0.29) is 5.75 Å². The van der Waals surface area contributed by atoms with Crippen molar-refractivity contribution in [2.45, 2.75) is 0 Å². The second kappa shape index (κ2) is 6.39. The third kappa shape index (κ3) is 3.33. The van der Waals surface area contributed by atoms with Crippen molar-refractivity contribution >= 4 is 46.1 Å². The Labute approximate surface area is 146 Å². The standard InChI is InChI=1S/C16H9Cl3O2S/c17-10-3-6-14(13(18)7-10)21-16-12(8-15(19)22-16)9-1-4-11(20)5-2-9/h1-8,20H. The summed E-state index contributed by atoms with van der Waals surface area (Å²) in [6.07, 6.45) is 0. The minimum Gasteiger partial charge on any atom is -0.508 e. The molecule has 0 amide bonds. The number of phenols is 1. The van der Waals surface area contributed by atoms with Crippen molar-refractivity contribution in [3.05, 3.63) is 62.9 Å². The summed E-state index contributed by atoms with van der Waals surface area (Å²) in [5, 5.41) is 11.0. The van der Waals surface area contributed by atoms with E-state index in [2.05, 4.69) is 0 Å². The molecule has 3 aromatic rings. The van der Waals surface area contributed by atoms with Crippen LogP contribution in [0.2, 0.25) is 14.4 Å². The smallest absolute Gasteiger partial charge is 0.190 e. The lowest BCUT2D eigenvalue weighted by atomic mass is 10.1. The maximum atomic E-state index is 9.39. The Kier molecular flexibility index (Phi) is 4.50. The number of phenolic OH excluding ortho intramolecular Hbond substituents is 1. The highest BCUT2D eigenvalue weighted by atomic mass is 35.5. The Hall–Kier alpha value is -1.39. The predicted molar refractivity (Wildman–Crippen MR) is 93.0 cm³/mol. The molecule has 2 aromatic carbocycles. The Morgan fingerprint density at radius 1 is 0.909 bits per heavy atom. The number of hydrogen-bond donors (Lipinski definition) is 1. The molecule has 0 aliphatic heterocycles. The summed E-state index contributed by atoms with van der Waals surface area (Å²) in [4.78, 5) is 0. The molecule has 0 aliphatic carbocycles. The van der Waals surface area contributed by atoms with E-state index in [9.17, 15) is 5.11 Å². The van der Waals surface area contributed by atoms with Gasteiger partial charge in [0.05, 0.1) is 9.36 Å². The Balaban J connectivity index is 1.99. The number of thiophene rings is 1. The molecular formula is C16H9Cl3O2S. The van der Waals surface area contributed by atoms with Crippen LogP contribution in [0.4, 0.5) is 0 Å². The van der Waals surface area contributed by atoms with Crippen molar-refractivity contribution in [2.75, 3.05) is 0 Å². The molecule has 1 N–H and O–H groups in total. The number of halogens is 3. The van der Waals surface area contributed by atoms with E-state index >= 15 is 0 Å². The van der Waals surface area contributed by atoms with Crippen LogP contribution in [-0.2, 0) is 0 Å². The average molecular weight is 372 g/mol. The molecule has 0 aliphatic rings. The number of hydrogen-bond acceptors (Lipinski definition) is 3. The molecule has 0 fully saturated rings. The molecule has 0 unspecified atom stereocenters. The van der Waals surface area contributed by atoms with E-state index in [1.165, 1.54) is 11.3 Å². The molecular weight excluding hydrogens is 363 g/mol. The highest BCUT2D eigenvalue weighted by Crippen LogP contribution is 2.44. The van der Waals surface area contributed by atoms with Gasteiger partial charge in [-0.3, -0.25) is 0 Å². The number of benzene rings is 2. The lowest BCUT2D eigenvalue weighted by Gasteiger charge is -2.08. The SMILES string of the molecule is Oc1ccc(-c2cc(Cl)sc2Oc2ccc(Cl)cc2Cl)cc1. The Bertz CT molecular complexity index is 813. The molecule has 3 rings (SSSR count). The van der Waals surface area contributed by atoms with Gasteiger partial charge < -0.3 is 9.84 Å². The second-order valence-electron chi connectivity index (χ2n) is 4.48. The molecule has 6 heteroatoms. The molecule has 0 spiro atoms. The first-order valence-electron chi connectivity index (χ1n) is 6.24. The third-order valence-electron chi connectivity index (χ3n) is 2.94. The Morgan fingerprint density at radius 3 is 2.32 bits per heavy atom. The summed E-state index contributed by atoms with van der Waals surface area (Å²) < 4.78 is 6.48. The fourth-order valence-corrected chi connectivity index (χ4v) is 3.46. The van der Waals surface area contributed by atoms with Crippen molar-refractivity contribution in [2.24, 2.45) is 0 Å². The topological polar surface area (TPSA) is 29.5 Å². The summed E-state index contributed by atoms with van der Waals surface area (Å²) in [6.45, 7) is 0. The summed E-state index contributed by atoms with van der Waals surface area (Å²) >= 11 is 19.4. The van der Waals surface area contributed by atoms with Crippen molar-refractivity contribution in [1.29, 1.82) is 0 Å². The molecule has 1 aromatic heterocycles. The van der Waals surface area contributed by atoms with Gasteiger partial charge in [-0.15, -0.1) is 0 Å². The van der Waals surface area contributed by atoms with E-state index in [0.717, 1.165) is 11.1 Å². The average Bonchev–Trinajstić information content (AvgIpc) is 2.84. The number of rotatable bonds is 3. The minimum atomic E-state index is 0.202. The van der Waals surface area contributed by atoms with Crippen LogP contribution in [0.15, 0.2) is 48.5 Å². The minimum absolute atomic E-state index is 0.202. The van der Waals surface area contributed by atoms with Crippen LogP contribution in [0.25, 0.3) is 11.1 Å². The fraction of sp³-hybridized carbons (Fsp3) is 0. The fourth-order valence-electron chi connectivity index (χ4n) is 1.92. The van der Waals surface area contributed by atoms with Gasteiger partial charge >= 0.3 is 0 Å².